The summed E-state index contributed by atoms with van der Waals surface area (Å²) in [5, 5.41) is 9.58. The van der Waals surface area contributed by atoms with E-state index in [-0.39, 0.29) is 17.0 Å². The van der Waals surface area contributed by atoms with Crippen LogP contribution in [0.2, 0.25) is 0 Å². The first-order valence-electron chi connectivity index (χ1n) is 9.62. The molecule has 1 aromatic carbocycles. The van der Waals surface area contributed by atoms with E-state index in [1.807, 2.05) is 6.92 Å². The highest BCUT2D eigenvalue weighted by molar-refractivity contribution is 6.02. The van der Waals surface area contributed by atoms with E-state index in [9.17, 15) is 10.1 Å². The van der Waals surface area contributed by atoms with Crippen LogP contribution in [0.4, 0.5) is 5.69 Å². The number of benzene rings is 1. The highest BCUT2D eigenvalue weighted by Gasteiger charge is 2.34. The van der Waals surface area contributed by atoms with Crippen LogP contribution < -0.4 is 4.90 Å². The molecule has 0 bridgehead atoms. The molecule has 27 heavy (non-hydrogen) atoms. The number of hydrogen-bond acceptors (Lipinski definition) is 4. The molecule has 1 saturated heterocycles. The van der Waals surface area contributed by atoms with E-state index in [0.717, 1.165) is 17.5 Å². The minimum Gasteiger partial charge on any atom is -0.378 e. The highest BCUT2D eigenvalue weighted by Crippen LogP contribution is 2.43. The van der Waals surface area contributed by atoms with Crippen molar-refractivity contribution in [3.63, 3.8) is 0 Å². The maximum atomic E-state index is 12.7. The minimum absolute atomic E-state index is 0.111. The number of rotatable bonds is 2. The van der Waals surface area contributed by atoms with Gasteiger partial charge in [0.15, 0.2) is 0 Å². The van der Waals surface area contributed by atoms with E-state index in [1.54, 1.807) is 11.0 Å². The number of morpholine rings is 1. The van der Waals surface area contributed by atoms with Gasteiger partial charge in [-0.15, -0.1) is 0 Å². The number of aryl methyl sites for hydroxylation is 1. The van der Waals surface area contributed by atoms with Crippen molar-refractivity contribution < 1.29 is 9.53 Å². The summed E-state index contributed by atoms with van der Waals surface area (Å²) in [4.78, 5) is 16.7. The van der Waals surface area contributed by atoms with Gasteiger partial charge in [0.1, 0.15) is 11.6 Å². The molecule has 3 rings (SSSR count). The molecule has 0 radical (unpaired) electrons. The Bertz CT molecular complexity index is 814. The Morgan fingerprint density at radius 3 is 2.63 bits per heavy atom. The topological polar surface area (TPSA) is 56.6 Å². The van der Waals surface area contributed by atoms with Gasteiger partial charge in [0.2, 0.25) is 0 Å². The summed E-state index contributed by atoms with van der Waals surface area (Å²) in [6, 6.07) is 6.45. The Hall–Kier alpha value is -2.32. The number of carbonyl (C=O) groups excluding carboxylic acids is 1. The van der Waals surface area contributed by atoms with Gasteiger partial charge in [-0.2, -0.15) is 5.26 Å². The number of nitrogens with zero attached hydrogens (tertiary/aromatic N) is 3. The highest BCUT2D eigenvalue weighted by atomic mass is 16.5. The molecule has 2 heterocycles. The van der Waals surface area contributed by atoms with E-state index in [2.05, 4.69) is 50.9 Å². The average Bonchev–Trinajstić information content (AvgIpc) is 2.65. The molecule has 1 aromatic rings. The van der Waals surface area contributed by atoms with Crippen LogP contribution in [0.1, 0.15) is 49.8 Å². The monoisotopic (exact) mass is 367 g/mol. The molecular weight excluding hydrogens is 338 g/mol. The zero-order valence-electron chi connectivity index (χ0n) is 17.0. The number of nitriles is 1. The third kappa shape index (κ3) is 3.72. The zero-order chi connectivity index (χ0) is 19.8. The molecule has 0 N–H and O–H groups in total. The van der Waals surface area contributed by atoms with Gasteiger partial charge in [0, 0.05) is 31.4 Å². The molecule has 5 heteroatoms. The summed E-state index contributed by atoms with van der Waals surface area (Å²) >= 11 is 0. The van der Waals surface area contributed by atoms with Gasteiger partial charge in [0.05, 0.1) is 13.2 Å². The average molecular weight is 367 g/mol. The summed E-state index contributed by atoms with van der Waals surface area (Å²) in [7, 11) is 2.14. The van der Waals surface area contributed by atoms with E-state index in [0.29, 0.717) is 32.2 Å². The molecule has 144 valence electrons. The Labute approximate surface area is 162 Å². The molecule has 5 nitrogen and oxygen atoms in total. The summed E-state index contributed by atoms with van der Waals surface area (Å²) in [5.41, 5.74) is 4.86. The molecule has 0 spiro atoms. The van der Waals surface area contributed by atoms with Crippen LogP contribution in [-0.2, 0) is 9.53 Å². The van der Waals surface area contributed by atoms with E-state index < -0.39 is 0 Å². The fourth-order valence-corrected chi connectivity index (χ4v) is 4.12. The standard InChI is InChI=1S/C22H29N3O2/c1-15-10-20-19(16(2)13-22(3,4)24(20)5)12-17(15)11-18(14-23)21(26)25-6-8-27-9-7-25/h10-12,16H,6-9,13H2,1-5H3/b18-11-. The van der Waals surface area contributed by atoms with E-state index in [4.69, 9.17) is 4.74 Å². The Morgan fingerprint density at radius 2 is 2.00 bits per heavy atom. The maximum absolute atomic E-state index is 12.7. The van der Waals surface area contributed by atoms with Crippen molar-refractivity contribution in [1.29, 1.82) is 5.26 Å². The van der Waals surface area contributed by atoms with Crippen molar-refractivity contribution in [2.24, 2.45) is 0 Å². The van der Waals surface area contributed by atoms with Gasteiger partial charge < -0.3 is 14.5 Å². The van der Waals surface area contributed by atoms with E-state index in [1.165, 1.54) is 11.3 Å². The molecule has 2 aliphatic heterocycles. The smallest absolute Gasteiger partial charge is 0.264 e. The normalized spacial score (nSPS) is 22.2. The molecule has 1 fully saturated rings. The minimum atomic E-state index is -0.204. The number of amides is 1. The summed E-state index contributed by atoms with van der Waals surface area (Å²) < 4.78 is 5.30. The maximum Gasteiger partial charge on any atom is 0.264 e. The largest absolute Gasteiger partial charge is 0.378 e. The molecule has 1 atom stereocenters. The van der Waals surface area contributed by atoms with Crippen LogP contribution in [0.5, 0.6) is 0 Å². The Balaban J connectivity index is 1.97. The third-order valence-electron chi connectivity index (χ3n) is 5.97. The first-order chi connectivity index (χ1) is 12.7. The predicted octanol–water partition coefficient (Wildman–Crippen LogP) is 3.48. The number of anilines is 1. The second kappa shape index (κ2) is 7.36. The van der Waals surface area contributed by atoms with Gasteiger partial charge in [-0.05, 0) is 68.0 Å². The number of carbonyl (C=O) groups is 1. The number of hydrogen-bond donors (Lipinski definition) is 0. The zero-order valence-corrected chi connectivity index (χ0v) is 17.0. The van der Waals surface area contributed by atoms with Crippen molar-refractivity contribution in [2.75, 3.05) is 38.3 Å². The van der Waals surface area contributed by atoms with Crippen LogP contribution in [0.3, 0.4) is 0 Å². The number of ether oxygens (including phenoxy) is 1. The van der Waals surface area contributed by atoms with Gasteiger partial charge in [-0.3, -0.25) is 4.79 Å². The molecule has 0 saturated carbocycles. The van der Waals surface area contributed by atoms with Crippen LogP contribution in [0.25, 0.3) is 6.08 Å². The van der Waals surface area contributed by atoms with Crippen molar-refractivity contribution in [2.45, 2.75) is 45.6 Å². The van der Waals surface area contributed by atoms with Crippen LogP contribution in [0.15, 0.2) is 17.7 Å². The van der Waals surface area contributed by atoms with Crippen LogP contribution in [0, 0.1) is 18.3 Å². The molecule has 0 aliphatic carbocycles. The molecule has 1 unspecified atom stereocenters. The second-order valence-corrected chi connectivity index (χ2v) is 8.32. The van der Waals surface area contributed by atoms with Crippen molar-refractivity contribution in [3.05, 3.63) is 34.4 Å². The second-order valence-electron chi connectivity index (χ2n) is 8.32. The van der Waals surface area contributed by atoms with Crippen LogP contribution >= 0.6 is 0 Å². The molecule has 0 aromatic heterocycles. The first kappa shape index (κ1) is 19.4. The van der Waals surface area contributed by atoms with E-state index >= 15 is 0 Å². The lowest BCUT2D eigenvalue weighted by atomic mass is 9.79. The summed E-state index contributed by atoms with van der Waals surface area (Å²) in [6.45, 7) is 11.0. The SMILES string of the molecule is Cc1cc2c(cc1/C=C(/C#N)C(=O)N1CCOCC1)C(C)CC(C)(C)N2C. The third-order valence-corrected chi connectivity index (χ3v) is 5.97. The molecular formula is C22H29N3O2. The molecule has 1 amide bonds. The summed E-state index contributed by atoms with van der Waals surface area (Å²) in [5.74, 6) is 0.226. The fraction of sp³-hybridized carbons (Fsp3) is 0.545. The van der Waals surface area contributed by atoms with Crippen molar-refractivity contribution in [1.82, 2.24) is 4.90 Å². The number of fused-ring (bicyclic) bond motifs is 1. The van der Waals surface area contributed by atoms with Gasteiger partial charge >= 0.3 is 0 Å². The Kier molecular flexibility index (Phi) is 5.30. The lowest BCUT2D eigenvalue weighted by molar-refractivity contribution is -0.130. The van der Waals surface area contributed by atoms with Crippen molar-refractivity contribution >= 4 is 17.7 Å². The first-order valence-corrected chi connectivity index (χ1v) is 9.62. The summed E-state index contributed by atoms with van der Waals surface area (Å²) in [6.07, 6.45) is 2.82. The van der Waals surface area contributed by atoms with Crippen molar-refractivity contribution in [3.8, 4) is 6.07 Å². The van der Waals surface area contributed by atoms with Gasteiger partial charge in [-0.1, -0.05) is 6.92 Å². The van der Waals surface area contributed by atoms with Crippen LogP contribution in [-0.4, -0.2) is 49.7 Å². The predicted molar refractivity (Wildman–Crippen MR) is 108 cm³/mol. The lowest BCUT2D eigenvalue weighted by Gasteiger charge is -2.45. The van der Waals surface area contributed by atoms with Gasteiger partial charge in [0.25, 0.3) is 5.91 Å². The quantitative estimate of drug-likeness (QED) is 0.593. The van der Waals surface area contributed by atoms with Gasteiger partial charge in [-0.25, -0.2) is 0 Å². The fourth-order valence-electron chi connectivity index (χ4n) is 4.12. The lowest BCUT2D eigenvalue weighted by Crippen LogP contribution is -2.45. The Morgan fingerprint density at radius 1 is 1.33 bits per heavy atom. The molecule has 2 aliphatic rings.